The zero-order chi connectivity index (χ0) is 17.9. The summed E-state index contributed by atoms with van der Waals surface area (Å²) in [5, 5.41) is 0.183. The van der Waals surface area contributed by atoms with E-state index in [1.165, 1.54) is 17.8 Å². The molecule has 0 radical (unpaired) electrons. The van der Waals surface area contributed by atoms with Crippen LogP contribution in [-0.4, -0.2) is 23.6 Å². The number of rotatable bonds is 3. The number of benzene rings is 1. The van der Waals surface area contributed by atoms with Crippen LogP contribution in [0.4, 0.5) is 14.5 Å². The topological polar surface area (TPSA) is 73.6 Å². The summed E-state index contributed by atoms with van der Waals surface area (Å²) in [6, 6.07) is 2.25. The fourth-order valence-corrected chi connectivity index (χ4v) is 4.58. The zero-order valence-electron chi connectivity index (χ0n) is 14.3. The summed E-state index contributed by atoms with van der Waals surface area (Å²) in [5.41, 5.74) is 10.5. The van der Waals surface area contributed by atoms with Gasteiger partial charge >= 0.3 is 0 Å². The number of nitrogens with zero attached hydrogens (tertiary/aromatic N) is 1. The number of thioether (sulfide) groups is 1. The monoisotopic (exact) mass is 316 g/mol. The number of anilines is 1. The molecule has 1 heterocycles. The fourth-order valence-electron chi connectivity index (χ4n) is 3.19. The van der Waals surface area contributed by atoms with Crippen molar-refractivity contribution >= 4 is 22.6 Å². The van der Waals surface area contributed by atoms with Gasteiger partial charge in [0, 0.05) is 24.2 Å². The van der Waals surface area contributed by atoms with Gasteiger partial charge in [0.2, 0.25) is 0 Å². The Bertz CT molecular complexity index is 730. The summed E-state index contributed by atoms with van der Waals surface area (Å²) in [6.45, 7) is 1.58. The summed E-state index contributed by atoms with van der Waals surface area (Å²) in [5.74, 6) is -2.31. The van der Waals surface area contributed by atoms with Gasteiger partial charge in [-0.3, -0.25) is 4.99 Å². The average molecular weight is 316 g/mol. The first kappa shape index (κ1) is 11.3. The van der Waals surface area contributed by atoms with Crippen LogP contribution >= 0.6 is 11.8 Å². The number of nitrogens with two attached hydrogens (primary N) is 2. The first-order valence-electron chi connectivity index (χ1n) is 7.90. The molecule has 4 N–H and O–H groups in total. The highest BCUT2D eigenvalue weighted by Gasteiger charge is 2.66. The molecule has 114 valence electrons. The number of nitrogen functional groups attached to an aromatic ring is 1. The Morgan fingerprint density at radius 2 is 2.29 bits per heavy atom. The van der Waals surface area contributed by atoms with Gasteiger partial charge in [0.25, 0.3) is 0 Å². The molecule has 0 bridgehead atoms. The molecule has 1 aromatic rings. The molecule has 1 aliphatic heterocycles. The van der Waals surface area contributed by atoms with Crippen LogP contribution in [0.3, 0.4) is 0 Å². The van der Waals surface area contributed by atoms with Gasteiger partial charge < -0.3 is 16.2 Å². The van der Waals surface area contributed by atoms with E-state index in [9.17, 15) is 8.78 Å². The molecule has 3 atom stereocenters. The number of methoxy groups -OCH3 is 1. The second-order valence-corrected chi connectivity index (χ2v) is 7.11. The lowest BCUT2D eigenvalue weighted by Gasteiger charge is -2.34. The van der Waals surface area contributed by atoms with E-state index in [1.807, 2.05) is 0 Å². The van der Waals surface area contributed by atoms with Gasteiger partial charge in [0.05, 0.1) is 21.0 Å². The molecule has 0 saturated heterocycles. The second-order valence-electron chi connectivity index (χ2n) is 5.67. The highest BCUT2D eigenvalue weighted by atomic mass is 32.2. The third-order valence-corrected chi connectivity index (χ3v) is 5.54. The van der Waals surface area contributed by atoms with E-state index >= 15 is 0 Å². The molecular formula is C14H17F2N3OS. The number of fused-ring (bicyclic) bond motifs is 1. The van der Waals surface area contributed by atoms with E-state index in [0.717, 1.165) is 6.07 Å². The maximum atomic E-state index is 14.4. The molecule has 3 rings (SSSR count). The first-order chi connectivity index (χ1) is 11.0. The molecule has 1 aliphatic carbocycles. The van der Waals surface area contributed by atoms with E-state index in [1.54, 1.807) is 6.92 Å². The van der Waals surface area contributed by atoms with Crippen molar-refractivity contribution in [1.82, 2.24) is 0 Å². The van der Waals surface area contributed by atoms with Crippen molar-refractivity contribution < 1.29 is 17.6 Å². The molecule has 0 spiro atoms. The lowest BCUT2D eigenvalue weighted by molar-refractivity contribution is 0.184. The van der Waals surface area contributed by atoms with Crippen LogP contribution in [0.2, 0.25) is 0 Å². The maximum absolute atomic E-state index is 14.4. The minimum Gasteiger partial charge on any atom is -0.399 e. The summed E-state index contributed by atoms with van der Waals surface area (Å²) in [6.07, 6.45) is 0.532. The number of halogens is 2. The highest BCUT2D eigenvalue weighted by molar-refractivity contribution is 8.15. The van der Waals surface area contributed by atoms with Crippen LogP contribution < -0.4 is 11.5 Å². The number of hydrogen-bond acceptors (Lipinski definition) is 5. The molecule has 7 heteroatoms. The molecule has 2 aliphatic rings. The summed E-state index contributed by atoms with van der Waals surface area (Å²) < 4.78 is 54.0. The van der Waals surface area contributed by atoms with Crippen molar-refractivity contribution in [2.75, 3.05) is 19.4 Å². The van der Waals surface area contributed by atoms with E-state index in [-0.39, 0.29) is 28.9 Å². The van der Waals surface area contributed by atoms with Gasteiger partial charge in [-0.25, -0.2) is 8.78 Å². The molecule has 0 unspecified atom stereocenters. The third kappa shape index (κ3) is 2.10. The minimum atomic E-state index is -2.53. The van der Waals surface area contributed by atoms with Crippen LogP contribution in [0.1, 0.15) is 23.0 Å². The Morgan fingerprint density at radius 1 is 1.52 bits per heavy atom. The predicted octanol–water partition coefficient (Wildman–Crippen LogP) is 2.23. The Kier molecular flexibility index (Phi) is 2.45. The van der Waals surface area contributed by atoms with Gasteiger partial charge in [-0.2, -0.15) is 0 Å². The Balaban J connectivity index is 1.98. The van der Waals surface area contributed by atoms with Gasteiger partial charge in [-0.1, -0.05) is 11.8 Å². The summed E-state index contributed by atoms with van der Waals surface area (Å²) in [4.78, 5) is 4.34. The molecule has 1 fully saturated rings. The minimum absolute atomic E-state index is 0.0176. The normalized spacial score (nSPS) is 37.0. The predicted molar refractivity (Wildman–Crippen MR) is 80.0 cm³/mol. The maximum Gasteiger partial charge on any atom is 0.164 e. The van der Waals surface area contributed by atoms with Crippen molar-refractivity contribution in [1.29, 1.82) is 0 Å². The van der Waals surface area contributed by atoms with E-state index in [0.29, 0.717) is 6.42 Å². The van der Waals surface area contributed by atoms with Crippen LogP contribution in [-0.2, 0) is 10.3 Å². The van der Waals surface area contributed by atoms with Gasteiger partial charge in [0.15, 0.2) is 16.8 Å². The smallest absolute Gasteiger partial charge is 0.164 e. The Labute approximate surface area is 130 Å². The number of hydrogen-bond donors (Lipinski definition) is 2. The standard InChI is InChI=1S/C14H17F2N3OS/c1-13(8-3-7(17)4-9(15)11(8)16)10-5-14(10,6-20-2)21-12(18)19-13/h3-4,10H,5-6,17H2,1-2H3,(H2,18,19)/t10-,13+,14+/m0/s1/i2D3. The van der Waals surface area contributed by atoms with Crippen LogP contribution in [0.25, 0.3) is 0 Å². The summed E-state index contributed by atoms with van der Waals surface area (Å²) in [7, 11) is -2.53. The average Bonchev–Trinajstić information content (AvgIpc) is 3.15. The Morgan fingerprint density at radius 3 is 3.00 bits per heavy atom. The lowest BCUT2D eigenvalue weighted by atomic mass is 9.85. The van der Waals surface area contributed by atoms with E-state index < -0.39 is 29.0 Å². The number of amidine groups is 1. The fraction of sp³-hybridized carbons (Fsp3) is 0.500. The third-order valence-electron chi connectivity index (χ3n) is 4.27. The lowest BCUT2D eigenvalue weighted by Crippen LogP contribution is -2.37. The van der Waals surface area contributed by atoms with Gasteiger partial charge in [-0.05, 0) is 25.5 Å². The SMILES string of the molecule is [2H]C([2H])([2H])OC[C@]12C[C@H]1[C@@](C)(c1cc(N)cc(F)c1F)N=C(N)S2. The van der Waals surface area contributed by atoms with Crippen molar-refractivity contribution in [3.05, 3.63) is 29.3 Å². The highest BCUT2D eigenvalue weighted by Crippen LogP contribution is 2.66. The largest absolute Gasteiger partial charge is 0.399 e. The molecule has 4 nitrogen and oxygen atoms in total. The van der Waals surface area contributed by atoms with Crippen molar-refractivity contribution in [3.63, 3.8) is 0 Å². The van der Waals surface area contributed by atoms with Crippen molar-refractivity contribution in [2.24, 2.45) is 16.6 Å². The first-order valence-corrected chi connectivity index (χ1v) is 7.22. The van der Waals surface area contributed by atoms with Crippen LogP contribution in [0, 0.1) is 17.6 Å². The van der Waals surface area contributed by atoms with E-state index in [4.69, 9.17) is 20.3 Å². The Hall–Kier alpha value is -1.34. The quantitative estimate of drug-likeness (QED) is 0.839. The molecule has 1 aromatic carbocycles. The van der Waals surface area contributed by atoms with E-state index in [2.05, 4.69) is 4.99 Å². The molecule has 21 heavy (non-hydrogen) atoms. The number of ether oxygens (including phenoxy) is 1. The van der Waals surface area contributed by atoms with Crippen LogP contribution in [0.15, 0.2) is 17.1 Å². The molecule has 0 aromatic heterocycles. The summed E-state index contributed by atoms with van der Waals surface area (Å²) >= 11 is 1.22. The van der Waals surface area contributed by atoms with Gasteiger partial charge in [-0.15, -0.1) is 0 Å². The van der Waals surface area contributed by atoms with Crippen molar-refractivity contribution in [2.45, 2.75) is 23.6 Å². The molecule has 0 amide bonds. The number of aliphatic imine (C=N–C) groups is 1. The molecule has 1 saturated carbocycles. The van der Waals surface area contributed by atoms with Crippen LogP contribution in [0.5, 0.6) is 0 Å². The van der Waals surface area contributed by atoms with Gasteiger partial charge in [0.1, 0.15) is 0 Å². The molecular weight excluding hydrogens is 296 g/mol. The second kappa shape index (κ2) is 4.58. The van der Waals surface area contributed by atoms with Crippen molar-refractivity contribution in [3.8, 4) is 0 Å². The zero-order valence-corrected chi connectivity index (χ0v) is 12.1.